The second-order valence-corrected chi connectivity index (χ2v) is 22.1. The van der Waals surface area contributed by atoms with E-state index in [0.29, 0.717) is 35.1 Å². The SMILES string of the molecule is NC(=O)CC[C@H](NC(=O)[C@@H]1CC[C@@H]2CCN(C(=O)CCCn3cc(C#Cc4cccc5c4CN(C4CCC(=O)NC4=O)C5=O)cn3)C[C@H](NC(=O)c3cc4cc(C(F)(F)OP(O)O)ccc4[nH]3)C(=O)N21)C(=O)NC(c1ccccc1)c1ccccc1. The molecule has 1 unspecified atom stereocenters. The third-order valence-corrected chi connectivity index (χ3v) is 16.1. The van der Waals surface area contributed by atoms with Gasteiger partial charge in [0.05, 0.1) is 23.4 Å². The Kier molecular flexibility index (Phi) is 18.1. The highest BCUT2D eigenvalue weighted by atomic mass is 31.2. The third kappa shape index (κ3) is 13.6. The summed E-state index contributed by atoms with van der Waals surface area (Å²) in [6.07, 6.45) is 0.0243. The van der Waals surface area contributed by atoms with Gasteiger partial charge in [-0.2, -0.15) is 13.9 Å². The number of nitrogens with two attached hydrogens (primary N) is 1. The average molecular weight is 1200 g/mol. The van der Waals surface area contributed by atoms with Gasteiger partial charge in [0.25, 0.3) is 11.8 Å². The van der Waals surface area contributed by atoms with Crippen molar-refractivity contribution in [2.75, 3.05) is 13.1 Å². The second kappa shape index (κ2) is 26.0. The molecule has 0 bridgehead atoms. The van der Waals surface area contributed by atoms with Gasteiger partial charge in [0, 0.05) is 79.7 Å². The number of alkyl halides is 2. The number of nitrogens with zero attached hydrogens (tertiary/aromatic N) is 5. The zero-order valence-electron chi connectivity index (χ0n) is 46.1. The molecule has 0 radical (unpaired) electrons. The number of aryl methyl sites for hydroxylation is 1. The molecule has 86 heavy (non-hydrogen) atoms. The molecule has 9 amide bonds. The van der Waals surface area contributed by atoms with E-state index in [4.69, 9.17) is 15.5 Å². The van der Waals surface area contributed by atoms with Crippen LogP contribution in [0, 0.1) is 11.8 Å². The van der Waals surface area contributed by atoms with Crippen molar-refractivity contribution >= 4 is 72.7 Å². The van der Waals surface area contributed by atoms with Crippen LogP contribution in [0.1, 0.15) is 118 Å². The molecule has 6 aromatic rings. The summed E-state index contributed by atoms with van der Waals surface area (Å²) in [7, 11) is -3.43. The number of carbonyl (C=O) groups is 9. The number of imide groups is 1. The molecule has 4 aliphatic rings. The molecule has 3 saturated heterocycles. The second-order valence-electron chi connectivity index (χ2n) is 21.4. The lowest BCUT2D eigenvalue weighted by Gasteiger charge is -2.39. The Labute approximate surface area is 492 Å². The number of H-pyrrole nitrogens is 1. The number of nitrogens with one attached hydrogen (secondary N) is 5. The van der Waals surface area contributed by atoms with Crippen molar-refractivity contribution in [3.8, 4) is 11.8 Å². The molecule has 0 saturated carbocycles. The van der Waals surface area contributed by atoms with E-state index < -0.39 is 92.0 Å². The van der Waals surface area contributed by atoms with Crippen LogP contribution in [-0.2, 0) is 57.3 Å². The minimum absolute atomic E-state index is 0.0136. The van der Waals surface area contributed by atoms with E-state index in [9.17, 15) is 47.1 Å². The summed E-state index contributed by atoms with van der Waals surface area (Å²) in [5, 5.41) is 15.4. The van der Waals surface area contributed by atoms with E-state index in [1.54, 1.807) is 35.3 Å². The Bertz CT molecular complexity index is 3640. The number of halogens is 2. The van der Waals surface area contributed by atoms with Gasteiger partial charge in [0.2, 0.25) is 41.4 Å². The molecule has 23 nitrogen and oxygen atoms in total. The van der Waals surface area contributed by atoms with E-state index in [0.717, 1.165) is 23.3 Å². The van der Waals surface area contributed by atoms with E-state index in [1.165, 1.54) is 26.8 Å². The zero-order chi connectivity index (χ0) is 60.8. The number of benzene rings is 4. The highest BCUT2D eigenvalue weighted by molar-refractivity contribution is 7.39. The van der Waals surface area contributed by atoms with E-state index in [1.807, 2.05) is 60.7 Å². The monoisotopic (exact) mass is 1200 g/mol. The summed E-state index contributed by atoms with van der Waals surface area (Å²) in [6.45, 7) is 0.195. The van der Waals surface area contributed by atoms with Crippen molar-refractivity contribution in [2.45, 2.75) is 113 Å². The highest BCUT2D eigenvalue weighted by Gasteiger charge is 2.47. The molecule has 0 spiro atoms. The summed E-state index contributed by atoms with van der Waals surface area (Å²) in [4.78, 5) is 148. The average Bonchev–Trinajstić information content (AvgIpc) is 1.94. The molecule has 9 N–H and O–H groups in total. The minimum Gasteiger partial charge on any atom is -0.370 e. The summed E-state index contributed by atoms with van der Waals surface area (Å²) in [6, 6.07) is 21.9. The molecule has 2 aromatic heterocycles. The van der Waals surface area contributed by atoms with Crippen LogP contribution in [0.2, 0.25) is 0 Å². The number of piperidine rings is 1. The van der Waals surface area contributed by atoms with Gasteiger partial charge in [0.15, 0.2) is 0 Å². The normalized spacial score (nSPS) is 19.1. The number of carbonyl (C=O) groups excluding carboxylic acids is 9. The highest BCUT2D eigenvalue weighted by Crippen LogP contribution is 2.42. The van der Waals surface area contributed by atoms with Crippen LogP contribution in [-0.4, -0.2) is 136 Å². The standard InChI is InChI=1S/C60H60F2N11O12P/c61-60(62,85-86(83)84)40-18-20-44-39(29-40)30-46(65-44)55(78)67-47-34-70(52(76)15-8-27-71-32-35(31-64-71)16-17-36-13-7-14-42-43(36)33-72(58(42)81)48-23-25-51(75)68-56(48)79)28-26-41-19-22-49(73(41)59(47)82)57(80)66-45(21-24-50(63)74)54(77)69-53(37-9-3-1-4-10-37)38-11-5-2-6-12-38/h1-7,9-14,18,20,29-32,41,45,47-49,53,65,83-84H,8,15,19,21-28,33-34H2,(H2,63,74)(H,66,80)(H,67,78)(H,69,77)(H,68,75,79)/t41-,45+,47+,48?,49+/m1/s1. The summed E-state index contributed by atoms with van der Waals surface area (Å²) >= 11 is 0. The summed E-state index contributed by atoms with van der Waals surface area (Å²) in [5.74, 6) is 1.01. The van der Waals surface area contributed by atoms with Crippen molar-refractivity contribution in [3.63, 3.8) is 0 Å². The quantitative estimate of drug-likeness (QED) is 0.0327. The minimum atomic E-state index is -4.10. The van der Waals surface area contributed by atoms with Gasteiger partial charge in [-0.05, 0) is 91.6 Å². The molecule has 4 aromatic carbocycles. The van der Waals surface area contributed by atoms with Crippen molar-refractivity contribution in [1.29, 1.82) is 0 Å². The lowest BCUT2D eigenvalue weighted by atomic mass is 9.98. The molecular weight excluding hydrogens is 1140 g/mol. The first-order chi connectivity index (χ1) is 41.3. The molecule has 5 atom stereocenters. The van der Waals surface area contributed by atoms with Crippen LogP contribution >= 0.6 is 8.60 Å². The van der Waals surface area contributed by atoms with Gasteiger partial charge in [-0.3, -0.25) is 53.1 Å². The van der Waals surface area contributed by atoms with E-state index in [2.05, 4.69) is 47.7 Å². The molecule has 3 fully saturated rings. The van der Waals surface area contributed by atoms with Crippen molar-refractivity contribution in [1.82, 2.24) is 50.7 Å². The fraction of sp³-hybridized carbons (Fsp3) is 0.333. The number of amides is 9. The lowest BCUT2D eigenvalue weighted by Crippen LogP contribution is -2.62. The van der Waals surface area contributed by atoms with Crippen molar-refractivity contribution < 1.29 is 66.2 Å². The fourth-order valence-electron chi connectivity index (χ4n) is 11.5. The topological polar surface area (TPSA) is 321 Å². The summed E-state index contributed by atoms with van der Waals surface area (Å²) in [5.41, 5.74) is 8.58. The number of fused-ring (bicyclic) bond motifs is 3. The Balaban J connectivity index is 0.841. The Morgan fingerprint density at radius 2 is 1.62 bits per heavy atom. The van der Waals surface area contributed by atoms with E-state index >= 15 is 4.79 Å². The lowest BCUT2D eigenvalue weighted by molar-refractivity contribution is -0.189. The van der Waals surface area contributed by atoms with Gasteiger partial charge in [-0.1, -0.05) is 78.6 Å². The van der Waals surface area contributed by atoms with Gasteiger partial charge in [-0.25, -0.2) is 4.52 Å². The number of hydrogen-bond acceptors (Lipinski definition) is 13. The maximum absolute atomic E-state index is 15.1. The zero-order valence-corrected chi connectivity index (χ0v) is 47.0. The fourth-order valence-corrected chi connectivity index (χ4v) is 11.8. The number of hydrogen-bond donors (Lipinski definition) is 8. The molecule has 6 heterocycles. The van der Waals surface area contributed by atoms with Gasteiger partial charge in [0.1, 0.15) is 29.9 Å². The van der Waals surface area contributed by atoms with Crippen LogP contribution in [0.25, 0.3) is 10.9 Å². The van der Waals surface area contributed by atoms with E-state index in [-0.39, 0.29) is 105 Å². The molecule has 26 heteroatoms. The molecule has 10 rings (SSSR count). The Hall–Kier alpha value is -9.21. The Morgan fingerprint density at radius 1 is 0.872 bits per heavy atom. The first kappa shape index (κ1) is 59.9. The predicted molar refractivity (Wildman–Crippen MR) is 304 cm³/mol. The molecular formula is C60H60F2N11O12P. The maximum Gasteiger partial charge on any atom is 0.389 e. The van der Waals surface area contributed by atoms with Crippen LogP contribution < -0.4 is 27.0 Å². The third-order valence-electron chi connectivity index (χ3n) is 15.7. The Morgan fingerprint density at radius 3 is 2.33 bits per heavy atom. The maximum atomic E-state index is 15.1. The van der Waals surface area contributed by atoms with Crippen LogP contribution in [0.3, 0.4) is 0 Å². The predicted octanol–water partition coefficient (Wildman–Crippen LogP) is 3.63. The van der Waals surface area contributed by atoms with Gasteiger partial charge in [-0.15, -0.1) is 0 Å². The van der Waals surface area contributed by atoms with Crippen LogP contribution in [0.4, 0.5) is 8.78 Å². The van der Waals surface area contributed by atoms with Gasteiger partial charge < -0.3 is 51.2 Å². The molecule has 0 aliphatic carbocycles. The van der Waals surface area contributed by atoms with Crippen LogP contribution in [0.15, 0.2) is 116 Å². The summed E-state index contributed by atoms with van der Waals surface area (Å²) < 4.78 is 35.1. The molecule has 4 aliphatic heterocycles. The van der Waals surface area contributed by atoms with Crippen LogP contribution in [0.5, 0.6) is 0 Å². The number of aromatic amines is 1. The first-order valence-corrected chi connectivity index (χ1v) is 29.1. The molecule has 446 valence electrons. The smallest absolute Gasteiger partial charge is 0.370 e. The number of aromatic nitrogens is 3. The first-order valence-electron chi connectivity index (χ1n) is 27.9. The number of rotatable bonds is 19. The number of primary amides is 1. The van der Waals surface area contributed by atoms with Gasteiger partial charge >= 0.3 is 14.7 Å². The van der Waals surface area contributed by atoms with Crippen molar-refractivity contribution in [3.05, 3.63) is 160 Å². The van der Waals surface area contributed by atoms with Crippen molar-refractivity contribution in [2.24, 2.45) is 5.73 Å². The largest absolute Gasteiger partial charge is 0.389 e.